The summed E-state index contributed by atoms with van der Waals surface area (Å²) in [5.74, 6) is 1.26. The molecule has 0 spiro atoms. The number of hydrogen-bond acceptors (Lipinski definition) is 8. The number of thioether (sulfide) groups is 1. The van der Waals surface area contributed by atoms with E-state index in [9.17, 15) is 9.59 Å². The first kappa shape index (κ1) is 22.7. The Labute approximate surface area is 204 Å². The van der Waals surface area contributed by atoms with Crippen LogP contribution in [-0.2, 0) is 10.5 Å². The Balaban J connectivity index is 1.67. The molecule has 0 aliphatic carbocycles. The van der Waals surface area contributed by atoms with Crippen molar-refractivity contribution in [1.82, 2.24) is 19.2 Å². The molecule has 0 saturated heterocycles. The van der Waals surface area contributed by atoms with Crippen molar-refractivity contribution in [3.05, 3.63) is 82.0 Å². The zero-order chi connectivity index (χ0) is 24.5. The molecule has 5 rings (SSSR count). The minimum absolute atomic E-state index is 0.225. The van der Waals surface area contributed by atoms with Gasteiger partial charge in [0, 0.05) is 0 Å². The van der Waals surface area contributed by atoms with Crippen LogP contribution in [0.4, 0.5) is 0 Å². The zero-order valence-corrected chi connectivity index (χ0v) is 20.2. The fourth-order valence-electron chi connectivity index (χ4n) is 3.94. The van der Waals surface area contributed by atoms with E-state index in [0.29, 0.717) is 50.4 Å². The molecule has 0 aliphatic heterocycles. The van der Waals surface area contributed by atoms with Crippen LogP contribution in [-0.4, -0.2) is 38.9 Å². The highest BCUT2D eigenvalue weighted by Crippen LogP contribution is 2.30. The van der Waals surface area contributed by atoms with E-state index in [4.69, 9.17) is 13.9 Å². The number of rotatable bonds is 7. The van der Waals surface area contributed by atoms with Gasteiger partial charge in [0.25, 0.3) is 5.56 Å². The van der Waals surface area contributed by atoms with E-state index in [1.54, 1.807) is 26.2 Å². The first-order valence-corrected chi connectivity index (χ1v) is 11.9. The normalized spacial score (nSPS) is 11.3. The molecule has 9 nitrogen and oxygen atoms in total. The van der Waals surface area contributed by atoms with Gasteiger partial charge in [-0.25, -0.2) is 9.36 Å². The van der Waals surface area contributed by atoms with E-state index in [2.05, 4.69) is 10.2 Å². The molecular formula is C25H22N4O5S. The third-order valence-corrected chi connectivity index (χ3v) is 6.47. The van der Waals surface area contributed by atoms with Crippen LogP contribution >= 0.6 is 11.8 Å². The van der Waals surface area contributed by atoms with Crippen molar-refractivity contribution in [1.29, 1.82) is 0 Å². The van der Waals surface area contributed by atoms with Gasteiger partial charge in [-0.3, -0.25) is 9.20 Å². The van der Waals surface area contributed by atoms with Crippen LogP contribution in [0.1, 0.15) is 28.6 Å². The molecule has 3 aromatic heterocycles. The molecule has 0 saturated carbocycles. The highest BCUT2D eigenvalue weighted by Gasteiger charge is 2.22. The van der Waals surface area contributed by atoms with Crippen LogP contribution < -0.4 is 10.3 Å². The summed E-state index contributed by atoms with van der Waals surface area (Å²) < 4.78 is 19.5. The van der Waals surface area contributed by atoms with Gasteiger partial charge in [0.2, 0.25) is 5.78 Å². The second-order valence-electron chi connectivity index (χ2n) is 7.72. The lowest BCUT2D eigenvalue weighted by Gasteiger charge is -2.14. The van der Waals surface area contributed by atoms with Gasteiger partial charge < -0.3 is 13.9 Å². The van der Waals surface area contributed by atoms with Crippen LogP contribution in [0.15, 0.2) is 69.2 Å². The number of para-hydroxylation sites is 1. The number of carbonyl (C=O) groups excluding carboxylic acids is 1. The Bertz CT molecular complexity index is 1620. The third-order valence-electron chi connectivity index (χ3n) is 5.54. The fraction of sp³-hybridized carbons (Fsp3) is 0.200. The van der Waals surface area contributed by atoms with E-state index < -0.39 is 5.97 Å². The van der Waals surface area contributed by atoms with Gasteiger partial charge in [0.05, 0.1) is 42.3 Å². The molecule has 0 fully saturated rings. The largest absolute Gasteiger partial charge is 0.495 e. The molecule has 2 aromatic carbocycles. The standard InChI is InChI=1S/C25H22N4O5S/c1-4-33-23(31)17-11-12-34-21(17)14-35-25-27-26-24-28(19-13-15(2)9-10-20(19)32-3)22(30)16-7-5-6-8-18(16)29(24)25/h5-13H,4,14H2,1-3H3. The highest BCUT2D eigenvalue weighted by atomic mass is 32.2. The van der Waals surface area contributed by atoms with Crippen LogP contribution in [0, 0.1) is 6.92 Å². The summed E-state index contributed by atoms with van der Waals surface area (Å²) in [6, 6.07) is 14.5. The molecule has 0 unspecified atom stereocenters. The maximum atomic E-state index is 13.6. The number of aryl methyl sites for hydroxylation is 1. The van der Waals surface area contributed by atoms with Crippen molar-refractivity contribution < 1.29 is 18.7 Å². The quantitative estimate of drug-likeness (QED) is 0.244. The Kier molecular flexibility index (Phi) is 6.04. The average Bonchev–Trinajstić information content (AvgIpc) is 3.50. The van der Waals surface area contributed by atoms with Crippen LogP contribution in [0.3, 0.4) is 0 Å². The molecule has 35 heavy (non-hydrogen) atoms. The van der Waals surface area contributed by atoms with Crippen molar-refractivity contribution in [3.63, 3.8) is 0 Å². The second kappa shape index (κ2) is 9.30. The number of aromatic nitrogens is 4. The predicted octanol–water partition coefficient (Wildman–Crippen LogP) is 4.41. The summed E-state index contributed by atoms with van der Waals surface area (Å²) in [6.07, 6.45) is 1.46. The summed E-state index contributed by atoms with van der Waals surface area (Å²) in [4.78, 5) is 25.8. The monoisotopic (exact) mass is 490 g/mol. The number of esters is 1. The molecule has 0 atom stereocenters. The highest BCUT2D eigenvalue weighted by molar-refractivity contribution is 7.98. The molecule has 0 N–H and O–H groups in total. The molecule has 10 heteroatoms. The molecule has 0 bridgehead atoms. The number of hydrogen-bond donors (Lipinski definition) is 0. The Morgan fingerprint density at radius 3 is 2.77 bits per heavy atom. The van der Waals surface area contributed by atoms with E-state index >= 15 is 0 Å². The van der Waals surface area contributed by atoms with Gasteiger partial charge in [-0.1, -0.05) is 30.0 Å². The first-order valence-electron chi connectivity index (χ1n) is 10.9. The van der Waals surface area contributed by atoms with Crippen molar-refractivity contribution >= 4 is 34.4 Å². The van der Waals surface area contributed by atoms with E-state index in [1.165, 1.54) is 22.6 Å². The maximum absolute atomic E-state index is 13.6. The average molecular weight is 491 g/mol. The van der Waals surface area contributed by atoms with E-state index in [-0.39, 0.29) is 12.2 Å². The van der Waals surface area contributed by atoms with Gasteiger partial charge in [-0.05, 0) is 49.7 Å². The molecule has 0 radical (unpaired) electrons. The molecular weight excluding hydrogens is 468 g/mol. The number of methoxy groups -OCH3 is 1. The van der Waals surface area contributed by atoms with Crippen LogP contribution in [0.2, 0.25) is 0 Å². The molecule has 3 heterocycles. The fourth-order valence-corrected chi connectivity index (χ4v) is 4.83. The SMILES string of the molecule is CCOC(=O)c1ccoc1CSc1nnc2n(-c3cc(C)ccc3OC)c(=O)c3ccccc3n12. The molecule has 0 amide bonds. The summed E-state index contributed by atoms with van der Waals surface area (Å²) in [5.41, 5.74) is 2.37. The predicted molar refractivity (Wildman–Crippen MR) is 132 cm³/mol. The Morgan fingerprint density at radius 2 is 1.97 bits per heavy atom. The molecule has 5 aromatic rings. The lowest BCUT2D eigenvalue weighted by atomic mass is 10.2. The van der Waals surface area contributed by atoms with Crippen LogP contribution in [0.25, 0.3) is 22.4 Å². The maximum Gasteiger partial charge on any atom is 0.341 e. The second-order valence-corrected chi connectivity index (χ2v) is 8.66. The molecule has 0 aliphatic rings. The summed E-state index contributed by atoms with van der Waals surface area (Å²) in [5, 5.41) is 9.81. The number of furan rings is 1. The van der Waals surface area contributed by atoms with Crippen molar-refractivity contribution in [2.75, 3.05) is 13.7 Å². The van der Waals surface area contributed by atoms with Crippen molar-refractivity contribution in [2.45, 2.75) is 24.8 Å². The summed E-state index contributed by atoms with van der Waals surface area (Å²) >= 11 is 1.34. The number of nitrogens with zero attached hydrogens (tertiary/aromatic N) is 4. The molecule has 178 valence electrons. The number of carbonyl (C=O) groups is 1. The van der Waals surface area contributed by atoms with Gasteiger partial charge in [-0.2, -0.15) is 0 Å². The lowest BCUT2D eigenvalue weighted by molar-refractivity contribution is 0.0524. The number of fused-ring (bicyclic) bond motifs is 3. The Morgan fingerprint density at radius 1 is 1.14 bits per heavy atom. The van der Waals surface area contributed by atoms with Gasteiger partial charge >= 0.3 is 5.97 Å². The van der Waals surface area contributed by atoms with E-state index in [0.717, 1.165) is 5.56 Å². The van der Waals surface area contributed by atoms with E-state index in [1.807, 2.05) is 47.7 Å². The summed E-state index contributed by atoms with van der Waals surface area (Å²) in [6.45, 7) is 3.97. The third kappa shape index (κ3) is 3.95. The zero-order valence-electron chi connectivity index (χ0n) is 19.3. The van der Waals surface area contributed by atoms with Gasteiger partial charge in [0.1, 0.15) is 17.1 Å². The van der Waals surface area contributed by atoms with Gasteiger partial charge in [-0.15, -0.1) is 10.2 Å². The smallest absolute Gasteiger partial charge is 0.341 e. The van der Waals surface area contributed by atoms with Gasteiger partial charge in [0.15, 0.2) is 5.16 Å². The minimum Gasteiger partial charge on any atom is -0.495 e. The Hall–Kier alpha value is -4.05. The van der Waals surface area contributed by atoms with Crippen molar-refractivity contribution in [2.24, 2.45) is 0 Å². The first-order chi connectivity index (χ1) is 17.0. The number of ether oxygens (including phenoxy) is 2. The minimum atomic E-state index is -0.436. The van der Waals surface area contributed by atoms with Crippen molar-refractivity contribution in [3.8, 4) is 11.4 Å². The summed E-state index contributed by atoms with van der Waals surface area (Å²) in [7, 11) is 1.56. The lowest BCUT2D eigenvalue weighted by Crippen LogP contribution is -2.22. The topological polar surface area (TPSA) is 101 Å². The number of benzene rings is 2. The van der Waals surface area contributed by atoms with Crippen LogP contribution in [0.5, 0.6) is 5.75 Å².